The van der Waals surface area contributed by atoms with Gasteiger partial charge in [-0.3, -0.25) is 0 Å². The van der Waals surface area contributed by atoms with Gasteiger partial charge in [-0.2, -0.15) is 0 Å². The smallest absolute Gasteiger partial charge is 0.228 e. The van der Waals surface area contributed by atoms with E-state index in [1.807, 2.05) is 13.8 Å². The number of nitrogens with zero attached hydrogens (tertiary/aromatic N) is 1. The maximum atomic E-state index is 5.51. The lowest BCUT2D eigenvalue weighted by Crippen LogP contribution is -2.07. The van der Waals surface area contributed by atoms with Gasteiger partial charge in [0, 0.05) is 0 Å². The first-order valence-corrected chi connectivity index (χ1v) is 4.46. The normalized spacial score (nSPS) is 10.3. The van der Waals surface area contributed by atoms with Crippen molar-refractivity contribution in [1.82, 2.24) is 4.98 Å². The van der Waals surface area contributed by atoms with Crippen LogP contribution in [0.5, 0.6) is 5.88 Å². The third-order valence-corrected chi connectivity index (χ3v) is 1.74. The van der Waals surface area contributed by atoms with Crippen molar-refractivity contribution in [3.8, 4) is 5.88 Å². The molecule has 0 radical (unpaired) electrons. The van der Waals surface area contributed by atoms with Crippen molar-refractivity contribution in [3.63, 3.8) is 0 Å². The highest BCUT2D eigenvalue weighted by Crippen LogP contribution is 2.24. The molecule has 0 aromatic carbocycles. The van der Waals surface area contributed by atoms with Gasteiger partial charge in [0.05, 0.1) is 22.5 Å². The highest BCUT2D eigenvalue weighted by atomic mass is 79.9. The molecule has 0 saturated heterocycles. The summed E-state index contributed by atoms with van der Waals surface area (Å²) in [4.78, 5) is 4.02. The molecular weight excluding hydrogens is 220 g/mol. The molecule has 1 heterocycles. The van der Waals surface area contributed by atoms with Crippen molar-refractivity contribution in [1.29, 1.82) is 0 Å². The minimum atomic E-state index is 0.123. The lowest BCUT2D eigenvalue weighted by atomic mass is 10.4. The Bertz CT molecular complexity index is 276. The molecule has 66 valence electrons. The minimum absolute atomic E-state index is 0.123. The van der Waals surface area contributed by atoms with Crippen LogP contribution in [0.4, 0.5) is 5.69 Å². The Balaban J connectivity index is 2.86. The van der Waals surface area contributed by atoms with Crippen molar-refractivity contribution >= 4 is 21.6 Å². The summed E-state index contributed by atoms with van der Waals surface area (Å²) in [5, 5.41) is 0. The molecule has 0 unspecified atom stereocenters. The molecule has 0 amide bonds. The molecule has 1 rings (SSSR count). The second-order valence-electron chi connectivity index (χ2n) is 2.72. The number of ether oxygens (including phenoxy) is 1. The van der Waals surface area contributed by atoms with E-state index < -0.39 is 0 Å². The van der Waals surface area contributed by atoms with Gasteiger partial charge < -0.3 is 10.5 Å². The number of halogens is 1. The van der Waals surface area contributed by atoms with E-state index in [0.29, 0.717) is 11.6 Å². The number of anilines is 1. The van der Waals surface area contributed by atoms with E-state index >= 15 is 0 Å². The largest absolute Gasteiger partial charge is 0.474 e. The molecular formula is C8H11BrN2O. The fourth-order valence-corrected chi connectivity index (χ4v) is 1.21. The van der Waals surface area contributed by atoms with E-state index in [2.05, 4.69) is 20.9 Å². The fourth-order valence-electron chi connectivity index (χ4n) is 0.750. The van der Waals surface area contributed by atoms with E-state index in [0.717, 1.165) is 4.47 Å². The number of aromatic nitrogens is 1. The lowest BCUT2D eigenvalue weighted by Gasteiger charge is -2.09. The Morgan fingerprint density at radius 1 is 1.58 bits per heavy atom. The summed E-state index contributed by atoms with van der Waals surface area (Å²) in [5.74, 6) is 0.583. The van der Waals surface area contributed by atoms with E-state index in [-0.39, 0.29) is 6.10 Å². The highest BCUT2D eigenvalue weighted by molar-refractivity contribution is 9.10. The van der Waals surface area contributed by atoms with Gasteiger partial charge in [-0.25, -0.2) is 4.98 Å². The van der Waals surface area contributed by atoms with Gasteiger partial charge in [0.25, 0.3) is 0 Å². The molecule has 0 aliphatic carbocycles. The molecule has 12 heavy (non-hydrogen) atoms. The Labute approximate surface area is 80.1 Å². The second-order valence-corrected chi connectivity index (χ2v) is 3.58. The first-order valence-electron chi connectivity index (χ1n) is 3.67. The molecule has 1 aromatic rings. The molecule has 0 saturated carbocycles. The zero-order valence-corrected chi connectivity index (χ0v) is 8.63. The number of hydrogen-bond acceptors (Lipinski definition) is 3. The quantitative estimate of drug-likeness (QED) is 0.848. The van der Waals surface area contributed by atoms with Crippen LogP contribution in [0.1, 0.15) is 13.8 Å². The predicted octanol–water partition coefficient (Wildman–Crippen LogP) is 2.21. The van der Waals surface area contributed by atoms with Crippen molar-refractivity contribution in [2.75, 3.05) is 5.73 Å². The summed E-state index contributed by atoms with van der Waals surface area (Å²) in [6, 6.07) is 1.77. The zero-order chi connectivity index (χ0) is 9.14. The first-order chi connectivity index (χ1) is 5.59. The van der Waals surface area contributed by atoms with Crippen LogP contribution in [0.15, 0.2) is 16.7 Å². The third kappa shape index (κ3) is 2.37. The Morgan fingerprint density at radius 3 is 2.75 bits per heavy atom. The van der Waals surface area contributed by atoms with E-state index in [9.17, 15) is 0 Å². The van der Waals surface area contributed by atoms with Crippen molar-refractivity contribution < 1.29 is 4.74 Å². The van der Waals surface area contributed by atoms with Crippen molar-refractivity contribution in [2.45, 2.75) is 20.0 Å². The first kappa shape index (κ1) is 9.32. The third-order valence-electron chi connectivity index (χ3n) is 1.18. The summed E-state index contributed by atoms with van der Waals surface area (Å²) < 4.78 is 6.17. The molecule has 1 aromatic heterocycles. The van der Waals surface area contributed by atoms with Crippen LogP contribution in [0.25, 0.3) is 0 Å². The van der Waals surface area contributed by atoms with Gasteiger partial charge in [0.15, 0.2) is 0 Å². The van der Waals surface area contributed by atoms with Crippen LogP contribution < -0.4 is 10.5 Å². The predicted molar refractivity (Wildman–Crippen MR) is 52.1 cm³/mol. The molecule has 0 aliphatic heterocycles. The topological polar surface area (TPSA) is 48.1 Å². The van der Waals surface area contributed by atoms with Gasteiger partial charge in [-0.1, -0.05) is 0 Å². The van der Waals surface area contributed by atoms with Gasteiger partial charge in [-0.15, -0.1) is 0 Å². The fraction of sp³-hybridized carbons (Fsp3) is 0.375. The molecule has 0 atom stereocenters. The summed E-state index contributed by atoms with van der Waals surface area (Å²) in [6.07, 6.45) is 1.69. The summed E-state index contributed by atoms with van der Waals surface area (Å²) in [7, 11) is 0. The number of nitrogen functional groups attached to an aromatic ring is 1. The van der Waals surface area contributed by atoms with Crippen LogP contribution in [0.3, 0.4) is 0 Å². The van der Waals surface area contributed by atoms with E-state index in [1.54, 1.807) is 12.3 Å². The second kappa shape index (κ2) is 3.76. The van der Waals surface area contributed by atoms with Gasteiger partial charge >= 0.3 is 0 Å². The molecule has 0 aliphatic rings. The molecule has 2 N–H and O–H groups in total. The molecule has 0 spiro atoms. The van der Waals surface area contributed by atoms with Crippen LogP contribution in [-0.2, 0) is 0 Å². The number of rotatable bonds is 2. The van der Waals surface area contributed by atoms with Gasteiger partial charge in [0.1, 0.15) is 0 Å². The summed E-state index contributed by atoms with van der Waals surface area (Å²) in [5.41, 5.74) is 6.13. The average Bonchev–Trinajstić information content (AvgIpc) is 1.94. The van der Waals surface area contributed by atoms with Crippen LogP contribution in [-0.4, -0.2) is 11.1 Å². The number of hydrogen-bond donors (Lipinski definition) is 1. The van der Waals surface area contributed by atoms with E-state index in [1.165, 1.54) is 0 Å². The Hall–Kier alpha value is -0.770. The standard InChI is InChI=1S/C8H11BrN2O/c1-5(2)12-8-7(9)3-6(10)4-11-8/h3-5H,10H2,1-2H3. The number of nitrogens with two attached hydrogens (primary N) is 1. The molecule has 0 fully saturated rings. The minimum Gasteiger partial charge on any atom is -0.474 e. The maximum absolute atomic E-state index is 5.51. The average molecular weight is 231 g/mol. The molecule has 3 nitrogen and oxygen atoms in total. The lowest BCUT2D eigenvalue weighted by molar-refractivity contribution is 0.231. The highest BCUT2D eigenvalue weighted by Gasteiger charge is 2.04. The van der Waals surface area contributed by atoms with Crippen molar-refractivity contribution in [2.24, 2.45) is 0 Å². The monoisotopic (exact) mass is 230 g/mol. The zero-order valence-electron chi connectivity index (χ0n) is 7.04. The Morgan fingerprint density at radius 2 is 2.25 bits per heavy atom. The van der Waals surface area contributed by atoms with Crippen LogP contribution in [0.2, 0.25) is 0 Å². The SMILES string of the molecule is CC(C)Oc1ncc(N)cc1Br. The van der Waals surface area contributed by atoms with E-state index in [4.69, 9.17) is 10.5 Å². The van der Waals surface area contributed by atoms with Gasteiger partial charge in [-0.05, 0) is 35.8 Å². The van der Waals surface area contributed by atoms with Crippen molar-refractivity contribution in [3.05, 3.63) is 16.7 Å². The molecule has 4 heteroatoms. The van der Waals surface area contributed by atoms with Crippen LogP contribution >= 0.6 is 15.9 Å². The maximum Gasteiger partial charge on any atom is 0.228 e. The summed E-state index contributed by atoms with van der Waals surface area (Å²) in [6.45, 7) is 3.90. The summed E-state index contributed by atoms with van der Waals surface area (Å²) >= 11 is 3.31. The van der Waals surface area contributed by atoms with Gasteiger partial charge in [0.2, 0.25) is 5.88 Å². The Kier molecular flexibility index (Phi) is 2.92. The van der Waals surface area contributed by atoms with Crippen LogP contribution in [0, 0.1) is 0 Å². The number of pyridine rings is 1. The molecule has 0 bridgehead atoms.